The molecule has 0 spiro atoms. The predicted molar refractivity (Wildman–Crippen MR) is 89.1 cm³/mol. The van der Waals surface area contributed by atoms with Crippen LogP contribution >= 0.6 is 11.3 Å². The largest absolute Gasteiger partial charge is 0.490 e. The fraction of sp³-hybridized carbons (Fsp3) is 0.188. The molecule has 2 aromatic heterocycles. The number of anilines is 1. The van der Waals surface area contributed by atoms with Crippen molar-refractivity contribution in [1.82, 2.24) is 4.98 Å². The average Bonchev–Trinajstić information content (AvgIpc) is 2.95. The van der Waals surface area contributed by atoms with Crippen molar-refractivity contribution in [2.75, 3.05) is 11.9 Å². The molecular weight excluding hydrogens is 316 g/mol. The third kappa shape index (κ3) is 3.09. The number of fused-ring (bicyclic) bond motifs is 1. The molecule has 3 aromatic rings. The highest BCUT2D eigenvalue weighted by Crippen LogP contribution is 2.29. The number of ether oxygens (including phenoxy) is 1. The Bertz CT molecular complexity index is 929. The van der Waals surface area contributed by atoms with E-state index in [1.54, 1.807) is 17.5 Å². The minimum absolute atomic E-state index is 0.210. The number of para-hydroxylation sites is 1. The summed E-state index contributed by atoms with van der Waals surface area (Å²) in [7, 11) is 0. The Labute approximate surface area is 135 Å². The van der Waals surface area contributed by atoms with Gasteiger partial charge in [-0.3, -0.25) is 4.79 Å². The van der Waals surface area contributed by atoms with E-state index >= 15 is 0 Å². The molecule has 0 aliphatic heterocycles. The van der Waals surface area contributed by atoms with E-state index in [1.165, 1.54) is 18.3 Å². The second-order valence-corrected chi connectivity index (χ2v) is 5.63. The normalized spacial score (nSPS) is 10.7. The Balaban J connectivity index is 2.08. The highest BCUT2D eigenvalue weighted by Gasteiger charge is 2.14. The van der Waals surface area contributed by atoms with Gasteiger partial charge >= 0.3 is 5.63 Å². The summed E-state index contributed by atoms with van der Waals surface area (Å²) in [5, 5.41) is 5.49. The van der Waals surface area contributed by atoms with Crippen molar-refractivity contribution in [1.29, 1.82) is 0 Å². The molecule has 0 saturated carbocycles. The first-order valence-electron chi connectivity index (χ1n) is 7.01. The molecule has 0 radical (unpaired) electrons. The summed E-state index contributed by atoms with van der Waals surface area (Å²) in [5.41, 5.74) is 0.736. The molecule has 0 aliphatic carbocycles. The number of nitrogens with zero attached hydrogens (tertiary/aromatic N) is 1. The zero-order valence-corrected chi connectivity index (χ0v) is 13.4. The van der Waals surface area contributed by atoms with Crippen molar-refractivity contribution in [2.24, 2.45) is 0 Å². The lowest BCUT2D eigenvalue weighted by Crippen LogP contribution is -2.06. The van der Waals surface area contributed by atoms with Gasteiger partial charge in [0.05, 0.1) is 17.9 Å². The van der Waals surface area contributed by atoms with E-state index in [-0.39, 0.29) is 5.91 Å². The van der Waals surface area contributed by atoms with Gasteiger partial charge in [-0.05, 0) is 19.1 Å². The molecule has 7 heteroatoms. The summed E-state index contributed by atoms with van der Waals surface area (Å²) < 4.78 is 10.9. The number of rotatable bonds is 4. The van der Waals surface area contributed by atoms with Gasteiger partial charge in [-0.15, -0.1) is 11.3 Å². The van der Waals surface area contributed by atoms with Crippen LogP contribution in [0.1, 0.15) is 13.8 Å². The lowest BCUT2D eigenvalue weighted by atomic mass is 10.1. The Morgan fingerprint density at radius 3 is 3.00 bits per heavy atom. The second kappa shape index (κ2) is 6.21. The molecule has 0 bridgehead atoms. The SMILES string of the molecule is CCOc1cccc2cc(-c3csc(NC(C)=O)n3)c(=O)oc12. The maximum Gasteiger partial charge on any atom is 0.345 e. The standard InChI is InChI=1S/C16H14N2O4S/c1-3-21-13-6-4-5-10-7-11(15(20)22-14(10)13)12-8-23-16(18-12)17-9(2)19/h4-8H,3H2,1-2H3,(H,17,18,19). The van der Waals surface area contributed by atoms with E-state index in [0.717, 1.165) is 5.39 Å². The van der Waals surface area contributed by atoms with Crippen LogP contribution in [0.4, 0.5) is 5.13 Å². The maximum atomic E-state index is 12.3. The smallest absolute Gasteiger partial charge is 0.345 e. The lowest BCUT2D eigenvalue weighted by molar-refractivity contribution is -0.114. The van der Waals surface area contributed by atoms with Crippen LogP contribution in [-0.2, 0) is 4.79 Å². The summed E-state index contributed by atoms with van der Waals surface area (Å²) in [6, 6.07) is 7.15. The van der Waals surface area contributed by atoms with Gasteiger partial charge in [0, 0.05) is 17.7 Å². The van der Waals surface area contributed by atoms with Crippen LogP contribution in [-0.4, -0.2) is 17.5 Å². The Morgan fingerprint density at radius 1 is 1.43 bits per heavy atom. The fourth-order valence-corrected chi connectivity index (χ4v) is 2.93. The number of aromatic nitrogens is 1. The Hall–Kier alpha value is -2.67. The minimum atomic E-state index is -0.496. The molecule has 1 N–H and O–H groups in total. The van der Waals surface area contributed by atoms with Crippen LogP contribution in [0.3, 0.4) is 0 Å². The first-order valence-corrected chi connectivity index (χ1v) is 7.89. The molecule has 0 fully saturated rings. The van der Waals surface area contributed by atoms with Crippen molar-refractivity contribution >= 4 is 33.3 Å². The molecule has 6 nitrogen and oxygen atoms in total. The highest BCUT2D eigenvalue weighted by atomic mass is 32.1. The number of amides is 1. The lowest BCUT2D eigenvalue weighted by Gasteiger charge is -2.06. The van der Waals surface area contributed by atoms with Gasteiger partial charge in [0.1, 0.15) is 0 Å². The van der Waals surface area contributed by atoms with Crippen molar-refractivity contribution in [3.63, 3.8) is 0 Å². The Kier molecular flexibility index (Phi) is 4.12. The van der Waals surface area contributed by atoms with Crippen molar-refractivity contribution in [3.8, 4) is 17.0 Å². The number of benzene rings is 1. The van der Waals surface area contributed by atoms with Gasteiger partial charge in [-0.25, -0.2) is 9.78 Å². The van der Waals surface area contributed by atoms with Crippen LogP contribution < -0.4 is 15.7 Å². The molecule has 1 aromatic carbocycles. The maximum absolute atomic E-state index is 12.3. The number of carbonyl (C=O) groups is 1. The van der Waals surface area contributed by atoms with Crippen LogP contribution in [0, 0.1) is 0 Å². The number of thiazole rings is 1. The number of carbonyl (C=O) groups excluding carboxylic acids is 1. The first-order chi connectivity index (χ1) is 11.1. The van der Waals surface area contributed by atoms with Crippen molar-refractivity contribution in [3.05, 3.63) is 40.1 Å². The average molecular weight is 330 g/mol. The molecule has 1 amide bonds. The molecule has 23 heavy (non-hydrogen) atoms. The van der Waals surface area contributed by atoms with Gasteiger partial charge in [0.15, 0.2) is 16.5 Å². The number of nitrogens with one attached hydrogen (secondary N) is 1. The molecule has 3 rings (SSSR count). The highest BCUT2D eigenvalue weighted by molar-refractivity contribution is 7.14. The van der Waals surface area contributed by atoms with E-state index in [1.807, 2.05) is 19.1 Å². The summed E-state index contributed by atoms with van der Waals surface area (Å²) in [6.45, 7) is 3.75. The Morgan fingerprint density at radius 2 is 2.26 bits per heavy atom. The molecular formula is C16H14N2O4S. The summed E-state index contributed by atoms with van der Waals surface area (Å²) in [5.74, 6) is 0.323. The van der Waals surface area contributed by atoms with E-state index in [4.69, 9.17) is 9.15 Å². The zero-order valence-electron chi connectivity index (χ0n) is 12.6. The second-order valence-electron chi connectivity index (χ2n) is 4.77. The first kappa shape index (κ1) is 15.2. The fourth-order valence-electron chi connectivity index (χ4n) is 2.17. The van der Waals surface area contributed by atoms with Crippen LogP contribution in [0.2, 0.25) is 0 Å². The molecule has 0 atom stereocenters. The van der Waals surface area contributed by atoms with Gasteiger partial charge in [-0.1, -0.05) is 12.1 Å². The van der Waals surface area contributed by atoms with E-state index < -0.39 is 5.63 Å². The molecule has 118 valence electrons. The molecule has 0 aliphatic rings. The summed E-state index contributed by atoms with van der Waals surface area (Å²) in [4.78, 5) is 27.6. The third-order valence-electron chi connectivity index (χ3n) is 3.09. The number of hydrogen-bond acceptors (Lipinski definition) is 6. The van der Waals surface area contributed by atoms with E-state index in [0.29, 0.717) is 34.3 Å². The van der Waals surface area contributed by atoms with Crippen molar-refractivity contribution in [2.45, 2.75) is 13.8 Å². The van der Waals surface area contributed by atoms with Crippen LogP contribution in [0.5, 0.6) is 5.75 Å². The molecule has 0 saturated heterocycles. The van der Waals surface area contributed by atoms with Crippen molar-refractivity contribution < 1.29 is 13.9 Å². The van der Waals surface area contributed by atoms with E-state index in [2.05, 4.69) is 10.3 Å². The number of hydrogen-bond donors (Lipinski definition) is 1. The monoisotopic (exact) mass is 330 g/mol. The van der Waals surface area contributed by atoms with Crippen LogP contribution in [0.25, 0.3) is 22.2 Å². The summed E-state index contributed by atoms with van der Waals surface area (Å²) in [6.07, 6.45) is 0. The molecule has 2 heterocycles. The van der Waals surface area contributed by atoms with Gasteiger partial charge in [0.25, 0.3) is 0 Å². The van der Waals surface area contributed by atoms with Crippen LogP contribution in [0.15, 0.2) is 38.9 Å². The van der Waals surface area contributed by atoms with Gasteiger partial charge in [-0.2, -0.15) is 0 Å². The molecule has 0 unspecified atom stereocenters. The van der Waals surface area contributed by atoms with E-state index in [9.17, 15) is 9.59 Å². The zero-order chi connectivity index (χ0) is 16.4. The minimum Gasteiger partial charge on any atom is -0.490 e. The van der Waals surface area contributed by atoms with Gasteiger partial charge < -0.3 is 14.5 Å². The quantitative estimate of drug-likeness (QED) is 0.743. The predicted octanol–water partition coefficient (Wildman–Crippen LogP) is 3.27. The summed E-state index contributed by atoms with van der Waals surface area (Å²) >= 11 is 1.25. The topological polar surface area (TPSA) is 81.4 Å². The van der Waals surface area contributed by atoms with Gasteiger partial charge in [0.2, 0.25) is 5.91 Å². The third-order valence-corrected chi connectivity index (χ3v) is 3.84.